The highest BCUT2D eigenvalue weighted by Gasteiger charge is 2.34. The van der Waals surface area contributed by atoms with E-state index in [-0.39, 0.29) is 17.9 Å². The van der Waals surface area contributed by atoms with Crippen LogP contribution in [0.2, 0.25) is 5.02 Å². The van der Waals surface area contributed by atoms with Gasteiger partial charge in [-0.25, -0.2) is 13.1 Å². The lowest BCUT2D eigenvalue weighted by molar-refractivity contribution is -0.137. The SMILES string of the molecule is O=C(CCNS(=O)(=O)c1ccc(Cl)c(C(F)(F)F)c1)Nc1ccc(OC(F)F)cc1. The van der Waals surface area contributed by atoms with Crippen molar-refractivity contribution in [1.29, 1.82) is 0 Å². The Bertz CT molecular complexity index is 998. The Hall–Kier alpha value is -2.44. The smallest absolute Gasteiger partial charge is 0.417 e. The number of alkyl halides is 5. The number of carbonyl (C=O) groups is 1. The minimum atomic E-state index is -4.83. The van der Waals surface area contributed by atoms with Crippen molar-refractivity contribution in [2.45, 2.75) is 24.1 Å². The number of amides is 1. The summed E-state index contributed by atoms with van der Waals surface area (Å²) in [6, 6.07) is 7.11. The summed E-state index contributed by atoms with van der Waals surface area (Å²) in [7, 11) is -4.32. The zero-order valence-electron chi connectivity index (χ0n) is 14.8. The average molecular weight is 473 g/mol. The Kier molecular flexibility index (Phi) is 7.61. The van der Waals surface area contributed by atoms with Crippen LogP contribution in [0.5, 0.6) is 5.75 Å². The number of ether oxygens (including phenoxy) is 1. The molecule has 1 amide bonds. The highest BCUT2D eigenvalue weighted by molar-refractivity contribution is 7.89. The van der Waals surface area contributed by atoms with E-state index in [9.17, 15) is 35.2 Å². The molecule has 2 N–H and O–H groups in total. The molecule has 0 aliphatic carbocycles. The first-order valence-electron chi connectivity index (χ1n) is 8.09. The second kappa shape index (κ2) is 9.58. The summed E-state index contributed by atoms with van der Waals surface area (Å²) in [5.74, 6) is -0.732. The van der Waals surface area contributed by atoms with Crippen LogP contribution < -0.4 is 14.8 Å². The third kappa shape index (κ3) is 6.82. The van der Waals surface area contributed by atoms with E-state index < -0.39 is 50.7 Å². The van der Waals surface area contributed by atoms with Crippen molar-refractivity contribution >= 4 is 33.2 Å². The fourth-order valence-electron chi connectivity index (χ4n) is 2.21. The van der Waals surface area contributed by atoms with Gasteiger partial charge in [0, 0.05) is 18.7 Å². The van der Waals surface area contributed by atoms with Crippen molar-refractivity contribution < 1.29 is 39.9 Å². The van der Waals surface area contributed by atoms with E-state index >= 15 is 0 Å². The number of sulfonamides is 1. The first-order chi connectivity index (χ1) is 13.9. The number of anilines is 1. The van der Waals surface area contributed by atoms with E-state index in [4.69, 9.17) is 11.6 Å². The van der Waals surface area contributed by atoms with Crippen LogP contribution in [0.4, 0.5) is 27.6 Å². The average Bonchev–Trinajstić information content (AvgIpc) is 2.62. The maximum atomic E-state index is 12.9. The van der Waals surface area contributed by atoms with Crippen molar-refractivity contribution in [3.63, 3.8) is 0 Å². The minimum Gasteiger partial charge on any atom is -0.435 e. The van der Waals surface area contributed by atoms with E-state index in [0.29, 0.717) is 6.07 Å². The molecule has 0 atom stereocenters. The molecular formula is C17H14ClF5N2O4S. The molecule has 0 radical (unpaired) electrons. The highest BCUT2D eigenvalue weighted by atomic mass is 35.5. The Morgan fingerprint density at radius 1 is 1.10 bits per heavy atom. The van der Waals surface area contributed by atoms with Crippen LogP contribution in [0.15, 0.2) is 47.4 Å². The predicted molar refractivity (Wildman–Crippen MR) is 98.0 cm³/mol. The maximum absolute atomic E-state index is 12.9. The molecule has 0 spiro atoms. The van der Waals surface area contributed by atoms with Gasteiger partial charge in [-0.2, -0.15) is 22.0 Å². The molecule has 2 rings (SSSR count). The standard InChI is InChI=1S/C17H14ClF5N2O4S/c18-14-6-5-12(9-13(14)17(21,22)23)30(27,28)24-8-7-15(26)25-10-1-3-11(4-2-10)29-16(19)20/h1-6,9,16,24H,7-8H2,(H,25,26). The molecule has 30 heavy (non-hydrogen) atoms. The van der Waals surface area contributed by atoms with Crippen LogP contribution in [0.3, 0.4) is 0 Å². The Labute approximate surface area is 173 Å². The third-order valence-corrected chi connectivity index (χ3v) is 5.35. The normalized spacial score (nSPS) is 12.1. The highest BCUT2D eigenvalue weighted by Crippen LogP contribution is 2.35. The zero-order valence-corrected chi connectivity index (χ0v) is 16.4. The quantitative estimate of drug-likeness (QED) is 0.562. The van der Waals surface area contributed by atoms with Gasteiger partial charge in [-0.05, 0) is 42.5 Å². The van der Waals surface area contributed by atoms with Crippen LogP contribution in [0, 0.1) is 0 Å². The van der Waals surface area contributed by atoms with E-state index in [0.717, 1.165) is 12.1 Å². The monoisotopic (exact) mass is 472 g/mol. The van der Waals surface area contributed by atoms with Crippen molar-refractivity contribution in [3.8, 4) is 5.75 Å². The molecule has 2 aromatic carbocycles. The first kappa shape index (κ1) is 23.8. The molecule has 13 heteroatoms. The lowest BCUT2D eigenvalue weighted by Gasteiger charge is -2.12. The van der Waals surface area contributed by atoms with Crippen molar-refractivity contribution in [2.75, 3.05) is 11.9 Å². The minimum absolute atomic E-state index is 0.114. The Balaban J connectivity index is 1.93. The molecule has 164 valence electrons. The lowest BCUT2D eigenvalue weighted by atomic mass is 10.2. The number of benzene rings is 2. The van der Waals surface area contributed by atoms with Gasteiger partial charge < -0.3 is 10.1 Å². The van der Waals surface area contributed by atoms with Crippen molar-refractivity contribution in [3.05, 3.63) is 53.1 Å². The summed E-state index contributed by atoms with van der Waals surface area (Å²) in [5.41, 5.74) is -1.05. The van der Waals surface area contributed by atoms with Crippen LogP contribution in [0.25, 0.3) is 0 Å². The van der Waals surface area contributed by atoms with Crippen LogP contribution in [-0.4, -0.2) is 27.5 Å². The van der Waals surface area contributed by atoms with Gasteiger partial charge in [-0.3, -0.25) is 4.79 Å². The van der Waals surface area contributed by atoms with Crippen LogP contribution in [-0.2, 0) is 21.0 Å². The van der Waals surface area contributed by atoms with Gasteiger partial charge in [0.1, 0.15) is 5.75 Å². The summed E-state index contributed by atoms with van der Waals surface area (Å²) in [6.45, 7) is -3.39. The van der Waals surface area contributed by atoms with Crippen LogP contribution in [0.1, 0.15) is 12.0 Å². The van der Waals surface area contributed by atoms with Gasteiger partial charge >= 0.3 is 12.8 Å². The number of nitrogens with one attached hydrogen (secondary N) is 2. The Morgan fingerprint density at radius 2 is 1.73 bits per heavy atom. The largest absolute Gasteiger partial charge is 0.435 e. The number of hydrogen-bond acceptors (Lipinski definition) is 4. The van der Waals surface area contributed by atoms with Gasteiger partial charge in [-0.15, -0.1) is 0 Å². The second-order valence-electron chi connectivity index (χ2n) is 5.74. The van der Waals surface area contributed by atoms with Gasteiger partial charge in [0.2, 0.25) is 15.9 Å². The summed E-state index contributed by atoms with van der Waals surface area (Å²) >= 11 is 5.46. The van der Waals surface area contributed by atoms with E-state index in [1.807, 2.05) is 4.72 Å². The lowest BCUT2D eigenvalue weighted by Crippen LogP contribution is -2.28. The summed E-state index contributed by atoms with van der Waals surface area (Å²) < 4.78 is 93.3. The molecule has 0 saturated carbocycles. The number of rotatable bonds is 8. The molecule has 0 aliphatic rings. The first-order valence-corrected chi connectivity index (χ1v) is 9.96. The summed E-state index contributed by atoms with van der Waals surface area (Å²) in [4.78, 5) is 11.2. The number of halogens is 6. The van der Waals surface area contributed by atoms with Gasteiger partial charge in [0.15, 0.2) is 0 Å². The predicted octanol–water partition coefficient (Wildman–Crippen LogP) is 4.27. The molecule has 0 saturated heterocycles. The van der Waals surface area contributed by atoms with Gasteiger partial charge in [0.05, 0.1) is 15.5 Å². The van der Waals surface area contributed by atoms with Crippen molar-refractivity contribution in [2.24, 2.45) is 0 Å². The third-order valence-electron chi connectivity index (χ3n) is 3.56. The molecule has 0 heterocycles. The number of hydrogen-bond donors (Lipinski definition) is 2. The second-order valence-corrected chi connectivity index (χ2v) is 7.91. The molecule has 0 aliphatic heterocycles. The summed E-state index contributed by atoms with van der Waals surface area (Å²) in [6.07, 6.45) is -5.17. The van der Waals surface area contributed by atoms with Crippen molar-refractivity contribution in [1.82, 2.24) is 4.72 Å². The zero-order chi connectivity index (χ0) is 22.5. The van der Waals surface area contributed by atoms with E-state index in [1.54, 1.807) is 0 Å². The molecule has 6 nitrogen and oxygen atoms in total. The Morgan fingerprint density at radius 3 is 2.30 bits per heavy atom. The summed E-state index contributed by atoms with van der Waals surface area (Å²) in [5, 5.41) is 1.75. The molecular weight excluding hydrogens is 459 g/mol. The molecule has 0 unspecified atom stereocenters. The molecule has 0 aromatic heterocycles. The van der Waals surface area contributed by atoms with Gasteiger partial charge in [0.25, 0.3) is 0 Å². The fourth-order valence-corrected chi connectivity index (χ4v) is 3.50. The topological polar surface area (TPSA) is 84.5 Å². The number of carbonyl (C=O) groups excluding carboxylic acids is 1. The molecule has 0 bridgehead atoms. The maximum Gasteiger partial charge on any atom is 0.417 e. The van der Waals surface area contributed by atoms with E-state index in [1.165, 1.54) is 24.3 Å². The van der Waals surface area contributed by atoms with Crippen LogP contribution >= 0.6 is 11.6 Å². The fraction of sp³-hybridized carbons (Fsp3) is 0.235. The molecule has 2 aromatic rings. The van der Waals surface area contributed by atoms with E-state index in [2.05, 4.69) is 10.1 Å². The van der Waals surface area contributed by atoms with Gasteiger partial charge in [-0.1, -0.05) is 11.6 Å². The molecule has 0 fully saturated rings.